The summed E-state index contributed by atoms with van der Waals surface area (Å²) in [4.78, 5) is 0. The molecule has 0 amide bonds. The van der Waals surface area contributed by atoms with Gasteiger partial charge in [-0.2, -0.15) is 4.31 Å². The molecule has 1 aromatic rings. The third kappa shape index (κ3) is 5.20. The number of aliphatic hydroxyl groups excluding tert-OH is 1. The number of benzene rings is 1. The summed E-state index contributed by atoms with van der Waals surface area (Å²) in [6.07, 6.45) is 0. The van der Waals surface area contributed by atoms with E-state index in [0.717, 1.165) is 11.1 Å². The summed E-state index contributed by atoms with van der Waals surface area (Å²) in [5, 5.41) is 8.97. The number of sulfonamides is 1. The van der Waals surface area contributed by atoms with E-state index in [2.05, 4.69) is 0 Å². The van der Waals surface area contributed by atoms with Crippen molar-refractivity contribution in [3.05, 3.63) is 35.4 Å². The lowest BCUT2D eigenvalue weighted by Gasteiger charge is -2.20. The minimum atomic E-state index is -3.33. The molecule has 0 bridgehead atoms. The van der Waals surface area contributed by atoms with Crippen LogP contribution in [0.25, 0.3) is 0 Å². The molecule has 0 heterocycles. The van der Waals surface area contributed by atoms with E-state index >= 15 is 0 Å². The fraction of sp³-hybridized carbons (Fsp3) is 0.571. The monoisotopic (exact) mass is 301 g/mol. The first-order valence-electron chi connectivity index (χ1n) is 6.77. The summed E-state index contributed by atoms with van der Waals surface area (Å²) in [6.45, 7) is 5.47. The molecule has 0 atom stereocenters. The van der Waals surface area contributed by atoms with Gasteiger partial charge in [-0.1, -0.05) is 31.2 Å². The zero-order valence-electron chi connectivity index (χ0n) is 12.1. The fourth-order valence-electron chi connectivity index (χ4n) is 1.85. The largest absolute Gasteiger partial charge is 0.392 e. The Balaban J connectivity index is 2.70. The number of ether oxygens (including phenoxy) is 1. The summed E-state index contributed by atoms with van der Waals surface area (Å²) < 4.78 is 31.2. The summed E-state index contributed by atoms with van der Waals surface area (Å²) in [5.41, 5.74) is 1.49. The molecule has 0 aliphatic heterocycles. The standard InChI is InChI=1S/C14H23NO4S/c1-3-15(9-10-19-4-2)20(17,18)12-14-7-5-13(11-16)6-8-14/h5-8,16H,3-4,9-12H2,1-2H3. The van der Waals surface area contributed by atoms with Gasteiger partial charge < -0.3 is 9.84 Å². The normalized spacial score (nSPS) is 12.0. The van der Waals surface area contributed by atoms with Gasteiger partial charge in [0.25, 0.3) is 0 Å². The molecule has 0 fully saturated rings. The predicted molar refractivity (Wildman–Crippen MR) is 78.7 cm³/mol. The van der Waals surface area contributed by atoms with E-state index in [1.807, 2.05) is 13.8 Å². The van der Waals surface area contributed by atoms with Crippen molar-refractivity contribution >= 4 is 10.0 Å². The molecular weight excluding hydrogens is 278 g/mol. The Morgan fingerprint density at radius 3 is 2.25 bits per heavy atom. The maximum atomic E-state index is 12.3. The summed E-state index contributed by atoms with van der Waals surface area (Å²) >= 11 is 0. The highest BCUT2D eigenvalue weighted by Crippen LogP contribution is 2.12. The van der Waals surface area contributed by atoms with Crippen LogP contribution in [0.1, 0.15) is 25.0 Å². The molecule has 1 N–H and O–H groups in total. The number of rotatable bonds is 9. The molecule has 0 aliphatic carbocycles. The molecule has 20 heavy (non-hydrogen) atoms. The van der Waals surface area contributed by atoms with Crippen LogP contribution >= 0.6 is 0 Å². The van der Waals surface area contributed by atoms with Crippen LogP contribution in [0.15, 0.2) is 24.3 Å². The molecule has 0 radical (unpaired) electrons. The average molecular weight is 301 g/mol. The van der Waals surface area contributed by atoms with Gasteiger partial charge >= 0.3 is 0 Å². The first kappa shape index (κ1) is 17.1. The Kier molecular flexibility index (Phi) is 7.15. The van der Waals surface area contributed by atoms with Crippen LogP contribution in [0.4, 0.5) is 0 Å². The second-order valence-corrected chi connectivity index (χ2v) is 6.39. The molecule has 1 rings (SSSR count). The van der Waals surface area contributed by atoms with Crippen LogP contribution in [0.5, 0.6) is 0 Å². The van der Waals surface area contributed by atoms with Crippen molar-refractivity contribution in [2.24, 2.45) is 0 Å². The Hall–Kier alpha value is -0.950. The molecule has 0 unspecified atom stereocenters. The molecule has 0 aromatic heterocycles. The van der Waals surface area contributed by atoms with E-state index in [1.54, 1.807) is 24.3 Å². The first-order chi connectivity index (χ1) is 9.53. The van der Waals surface area contributed by atoms with Gasteiger partial charge in [-0.05, 0) is 18.1 Å². The van der Waals surface area contributed by atoms with Gasteiger partial charge in [0, 0.05) is 19.7 Å². The van der Waals surface area contributed by atoms with E-state index in [0.29, 0.717) is 26.3 Å². The van der Waals surface area contributed by atoms with E-state index in [4.69, 9.17) is 9.84 Å². The van der Waals surface area contributed by atoms with Gasteiger partial charge in [-0.25, -0.2) is 8.42 Å². The molecule has 0 saturated heterocycles. The Labute approximate surface area is 121 Å². The smallest absolute Gasteiger partial charge is 0.218 e. The molecule has 0 saturated carbocycles. The molecule has 114 valence electrons. The van der Waals surface area contributed by atoms with Crippen LogP contribution in [0, 0.1) is 0 Å². The van der Waals surface area contributed by atoms with Crippen molar-refractivity contribution in [2.45, 2.75) is 26.2 Å². The SMILES string of the molecule is CCOCCN(CC)S(=O)(=O)Cc1ccc(CO)cc1. The van der Waals surface area contributed by atoms with Gasteiger partial charge in [0.1, 0.15) is 0 Å². The topological polar surface area (TPSA) is 66.8 Å². The lowest BCUT2D eigenvalue weighted by Crippen LogP contribution is -2.34. The van der Waals surface area contributed by atoms with Crippen molar-refractivity contribution in [1.29, 1.82) is 0 Å². The highest BCUT2D eigenvalue weighted by Gasteiger charge is 2.20. The zero-order chi connectivity index (χ0) is 15.0. The predicted octanol–water partition coefficient (Wildman–Crippen LogP) is 1.37. The van der Waals surface area contributed by atoms with Gasteiger partial charge in [0.2, 0.25) is 10.0 Å². The summed E-state index contributed by atoms with van der Waals surface area (Å²) in [5.74, 6) is -0.0291. The third-order valence-electron chi connectivity index (χ3n) is 2.99. The zero-order valence-corrected chi connectivity index (χ0v) is 12.9. The number of hydrogen-bond acceptors (Lipinski definition) is 4. The second-order valence-electron chi connectivity index (χ2n) is 4.42. The third-order valence-corrected chi connectivity index (χ3v) is 4.92. The molecule has 0 aliphatic rings. The number of aliphatic hydroxyl groups is 1. The van der Waals surface area contributed by atoms with Crippen molar-refractivity contribution in [2.75, 3.05) is 26.3 Å². The van der Waals surface area contributed by atoms with Crippen molar-refractivity contribution in [3.8, 4) is 0 Å². The maximum Gasteiger partial charge on any atom is 0.218 e. The summed E-state index contributed by atoms with van der Waals surface area (Å²) in [7, 11) is -3.33. The molecule has 5 nitrogen and oxygen atoms in total. The highest BCUT2D eigenvalue weighted by molar-refractivity contribution is 7.88. The van der Waals surface area contributed by atoms with E-state index in [9.17, 15) is 8.42 Å². The van der Waals surface area contributed by atoms with Crippen LogP contribution < -0.4 is 0 Å². The first-order valence-corrected chi connectivity index (χ1v) is 8.38. The van der Waals surface area contributed by atoms with E-state index in [1.165, 1.54) is 4.31 Å². The number of hydrogen-bond donors (Lipinski definition) is 1. The minimum absolute atomic E-state index is 0.0291. The maximum absolute atomic E-state index is 12.3. The Morgan fingerprint density at radius 1 is 1.15 bits per heavy atom. The van der Waals surface area contributed by atoms with Crippen LogP contribution in [-0.2, 0) is 27.1 Å². The fourth-order valence-corrected chi connectivity index (χ4v) is 3.39. The highest BCUT2D eigenvalue weighted by atomic mass is 32.2. The van der Waals surface area contributed by atoms with Crippen molar-refractivity contribution in [3.63, 3.8) is 0 Å². The van der Waals surface area contributed by atoms with Gasteiger partial charge in [-0.15, -0.1) is 0 Å². The quantitative estimate of drug-likeness (QED) is 0.700. The van der Waals surface area contributed by atoms with Crippen LogP contribution in [0.2, 0.25) is 0 Å². The van der Waals surface area contributed by atoms with Crippen molar-refractivity contribution in [1.82, 2.24) is 4.31 Å². The van der Waals surface area contributed by atoms with Gasteiger partial charge in [0.15, 0.2) is 0 Å². The Morgan fingerprint density at radius 2 is 1.75 bits per heavy atom. The molecular formula is C14H23NO4S. The molecule has 6 heteroatoms. The molecule has 1 aromatic carbocycles. The lowest BCUT2D eigenvalue weighted by molar-refractivity contribution is 0.135. The Bertz CT molecular complexity index is 484. The number of nitrogens with zero attached hydrogens (tertiary/aromatic N) is 1. The number of likely N-dealkylation sites (N-methyl/N-ethyl adjacent to an activating group) is 1. The molecule has 0 spiro atoms. The van der Waals surface area contributed by atoms with E-state index < -0.39 is 10.0 Å². The minimum Gasteiger partial charge on any atom is -0.392 e. The van der Waals surface area contributed by atoms with Crippen molar-refractivity contribution < 1.29 is 18.3 Å². The second kappa shape index (κ2) is 8.36. The van der Waals surface area contributed by atoms with Crippen LogP contribution in [-0.4, -0.2) is 44.1 Å². The van der Waals surface area contributed by atoms with E-state index in [-0.39, 0.29) is 12.4 Å². The lowest BCUT2D eigenvalue weighted by atomic mass is 10.2. The summed E-state index contributed by atoms with van der Waals surface area (Å²) in [6, 6.07) is 6.95. The van der Waals surface area contributed by atoms with Gasteiger partial charge in [0.05, 0.1) is 19.0 Å². The van der Waals surface area contributed by atoms with Crippen LogP contribution in [0.3, 0.4) is 0 Å². The van der Waals surface area contributed by atoms with Gasteiger partial charge in [-0.3, -0.25) is 0 Å². The average Bonchev–Trinajstić information content (AvgIpc) is 2.44.